The molecule has 1 aliphatic heterocycles. The van der Waals surface area contributed by atoms with E-state index in [1.54, 1.807) is 6.07 Å². The van der Waals surface area contributed by atoms with Crippen LogP contribution in [0.4, 0.5) is 15.8 Å². The minimum atomic E-state index is -0.498. The quantitative estimate of drug-likeness (QED) is 0.767. The molecule has 1 heterocycles. The SMILES string of the molecule is O=C1Nc2cc(F)c(Br)cc2NC12CCCCC2. The van der Waals surface area contributed by atoms with Crippen LogP contribution in [0, 0.1) is 5.82 Å². The highest BCUT2D eigenvalue weighted by molar-refractivity contribution is 9.10. The number of hydrogen-bond donors (Lipinski definition) is 2. The number of benzene rings is 1. The van der Waals surface area contributed by atoms with Gasteiger partial charge in [0.05, 0.1) is 15.8 Å². The van der Waals surface area contributed by atoms with Crippen LogP contribution in [0.3, 0.4) is 0 Å². The lowest BCUT2D eigenvalue weighted by molar-refractivity contribution is -0.121. The third kappa shape index (κ3) is 1.81. The molecule has 1 fully saturated rings. The number of amides is 1. The molecule has 0 atom stereocenters. The van der Waals surface area contributed by atoms with Crippen LogP contribution in [-0.4, -0.2) is 11.4 Å². The van der Waals surface area contributed by atoms with Crippen molar-refractivity contribution in [2.75, 3.05) is 10.6 Å². The van der Waals surface area contributed by atoms with E-state index >= 15 is 0 Å². The fourth-order valence-corrected chi connectivity index (χ4v) is 3.16. The smallest absolute Gasteiger partial charge is 0.250 e. The molecule has 5 heteroatoms. The predicted octanol–water partition coefficient (Wildman–Crippen LogP) is 3.66. The molecule has 0 saturated heterocycles. The molecular weight excluding hydrogens is 299 g/mol. The topological polar surface area (TPSA) is 41.1 Å². The molecule has 0 radical (unpaired) electrons. The molecular formula is C13H14BrFN2O. The second-order valence-electron chi connectivity index (χ2n) is 5.03. The normalized spacial score (nSPS) is 21.1. The number of hydrogen-bond acceptors (Lipinski definition) is 2. The van der Waals surface area contributed by atoms with E-state index in [9.17, 15) is 9.18 Å². The van der Waals surface area contributed by atoms with E-state index in [0.29, 0.717) is 10.2 Å². The summed E-state index contributed by atoms with van der Waals surface area (Å²) < 4.78 is 13.9. The molecule has 0 aromatic heterocycles. The molecule has 1 spiro atoms. The highest BCUT2D eigenvalue weighted by Gasteiger charge is 2.42. The second kappa shape index (κ2) is 4.23. The van der Waals surface area contributed by atoms with Crippen molar-refractivity contribution in [3.8, 4) is 0 Å². The van der Waals surface area contributed by atoms with Gasteiger partial charge < -0.3 is 10.6 Å². The first-order valence-corrected chi connectivity index (χ1v) is 6.99. The van der Waals surface area contributed by atoms with E-state index in [1.807, 2.05) is 0 Å². The van der Waals surface area contributed by atoms with Gasteiger partial charge in [-0.3, -0.25) is 4.79 Å². The van der Waals surface area contributed by atoms with Crippen molar-refractivity contribution in [3.63, 3.8) is 0 Å². The Morgan fingerprint density at radius 1 is 1.17 bits per heavy atom. The average Bonchev–Trinajstić information content (AvgIpc) is 2.35. The Labute approximate surface area is 113 Å². The molecule has 1 aromatic carbocycles. The first-order valence-electron chi connectivity index (χ1n) is 6.19. The Hall–Kier alpha value is -1.10. The summed E-state index contributed by atoms with van der Waals surface area (Å²) in [4.78, 5) is 12.2. The van der Waals surface area contributed by atoms with Crippen LogP contribution in [0.2, 0.25) is 0 Å². The molecule has 1 amide bonds. The van der Waals surface area contributed by atoms with Gasteiger partial charge in [0.2, 0.25) is 5.91 Å². The highest BCUT2D eigenvalue weighted by atomic mass is 79.9. The number of fused-ring (bicyclic) bond motifs is 1. The fraction of sp³-hybridized carbons (Fsp3) is 0.462. The summed E-state index contributed by atoms with van der Waals surface area (Å²) >= 11 is 3.17. The monoisotopic (exact) mass is 312 g/mol. The molecule has 0 bridgehead atoms. The summed E-state index contributed by atoms with van der Waals surface area (Å²) in [6.45, 7) is 0. The predicted molar refractivity (Wildman–Crippen MR) is 72.2 cm³/mol. The molecule has 1 aliphatic carbocycles. The number of halogens is 2. The van der Waals surface area contributed by atoms with Gasteiger partial charge in [-0.2, -0.15) is 0 Å². The minimum Gasteiger partial charge on any atom is -0.369 e. The Bertz CT molecular complexity index is 512. The van der Waals surface area contributed by atoms with Crippen molar-refractivity contribution < 1.29 is 9.18 Å². The summed E-state index contributed by atoms with van der Waals surface area (Å²) in [5, 5.41) is 6.15. The maximum absolute atomic E-state index is 13.4. The van der Waals surface area contributed by atoms with E-state index in [-0.39, 0.29) is 11.7 Å². The van der Waals surface area contributed by atoms with Gasteiger partial charge in [-0.1, -0.05) is 19.3 Å². The summed E-state index contributed by atoms with van der Waals surface area (Å²) in [6, 6.07) is 3.04. The summed E-state index contributed by atoms with van der Waals surface area (Å²) in [5.41, 5.74) is 0.823. The van der Waals surface area contributed by atoms with Crippen molar-refractivity contribution in [1.29, 1.82) is 0 Å². The van der Waals surface area contributed by atoms with Crippen molar-refractivity contribution >= 4 is 33.2 Å². The molecule has 1 saturated carbocycles. The van der Waals surface area contributed by atoms with Crippen LogP contribution in [0.25, 0.3) is 0 Å². The van der Waals surface area contributed by atoms with Gasteiger partial charge in [0.15, 0.2) is 0 Å². The molecule has 3 nitrogen and oxygen atoms in total. The molecule has 18 heavy (non-hydrogen) atoms. The Kier molecular flexibility index (Phi) is 2.81. The Balaban J connectivity index is 2.00. The van der Waals surface area contributed by atoms with E-state index in [2.05, 4.69) is 26.6 Å². The zero-order valence-electron chi connectivity index (χ0n) is 9.85. The third-order valence-electron chi connectivity index (χ3n) is 3.82. The second-order valence-corrected chi connectivity index (χ2v) is 5.89. The van der Waals surface area contributed by atoms with Gasteiger partial charge in [0.1, 0.15) is 11.4 Å². The zero-order valence-corrected chi connectivity index (χ0v) is 11.4. The van der Waals surface area contributed by atoms with Crippen LogP contribution < -0.4 is 10.6 Å². The summed E-state index contributed by atoms with van der Waals surface area (Å²) in [5.74, 6) is -0.396. The Morgan fingerprint density at radius 2 is 1.89 bits per heavy atom. The summed E-state index contributed by atoms with van der Waals surface area (Å²) in [7, 11) is 0. The van der Waals surface area contributed by atoms with Crippen LogP contribution >= 0.6 is 15.9 Å². The fourth-order valence-electron chi connectivity index (χ4n) is 2.82. The van der Waals surface area contributed by atoms with Crippen LogP contribution in [0.5, 0.6) is 0 Å². The standard InChI is InChI=1S/C13H14BrFN2O/c14-8-6-11-10(7-9(8)15)16-12(18)13(17-11)4-2-1-3-5-13/h6-7,17H,1-5H2,(H,16,18). The number of anilines is 2. The molecule has 2 aliphatic rings. The lowest BCUT2D eigenvalue weighted by Crippen LogP contribution is -2.53. The van der Waals surface area contributed by atoms with Crippen LogP contribution in [-0.2, 0) is 4.79 Å². The van der Waals surface area contributed by atoms with Crippen molar-refractivity contribution in [2.24, 2.45) is 0 Å². The van der Waals surface area contributed by atoms with Gasteiger partial charge in [-0.15, -0.1) is 0 Å². The first-order chi connectivity index (χ1) is 8.61. The molecule has 96 valence electrons. The van der Waals surface area contributed by atoms with Crippen molar-refractivity contribution in [3.05, 3.63) is 22.4 Å². The van der Waals surface area contributed by atoms with Gasteiger partial charge in [0.25, 0.3) is 0 Å². The number of rotatable bonds is 0. The Morgan fingerprint density at radius 3 is 2.61 bits per heavy atom. The van der Waals surface area contributed by atoms with E-state index < -0.39 is 5.54 Å². The number of carbonyl (C=O) groups is 1. The highest BCUT2D eigenvalue weighted by Crippen LogP contribution is 2.40. The van der Waals surface area contributed by atoms with Crippen LogP contribution in [0.15, 0.2) is 16.6 Å². The van der Waals surface area contributed by atoms with Crippen molar-refractivity contribution in [1.82, 2.24) is 0 Å². The van der Waals surface area contributed by atoms with E-state index in [4.69, 9.17) is 0 Å². The van der Waals surface area contributed by atoms with Gasteiger partial charge in [-0.05, 0) is 34.8 Å². The molecule has 3 rings (SSSR count). The van der Waals surface area contributed by atoms with E-state index in [0.717, 1.165) is 31.4 Å². The molecule has 2 N–H and O–H groups in total. The minimum absolute atomic E-state index is 0.0311. The maximum atomic E-state index is 13.4. The average molecular weight is 313 g/mol. The largest absolute Gasteiger partial charge is 0.369 e. The number of carbonyl (C=O) groups excluding carboxylic acids is 1. The van der Waals surface area contributed by atoms with E-state index in [1.165, 1.54) is 12.5 Å². The van der Waals surface area contributed by atoms with Crippen molar-refractivity contribution in [2.45, 2.75) is 37.6 Å². The first kappa shape index (κ1) is 12.0. The lowest BCUT2D eigenvalue weighted by atomic mass is 9.79. The summed E-state index contributed by atoms with van der Waals surface area (Å²) in [6.07, 6.45) is 4.97. The van der Waals surface area contributed by atoms with Gasteiger partial charge in [0, 0.05) is 6.07 Å². The zero-order chi connectivity index (χ0) is 12.8. The van der Waals surface area contributed by atoms with Gasteiger partial charge in [-0.25, -0.2) is 4.39 Å². The maximum Gasteiger partial charge on any atom is 0.250 e. The molecule has 0 unspecified atom stereocenters. The third-order valence-corrected chi connectivity index (χ3v) is 4.43. The lowest BCUT2D eigenvalue weighted by Gasteiger charge is -2.41. The van der Waals surface area contributed by atoms with Gasteiger partial charge >= 0.3 is 0 Å². The van der Waals surface area contributed by atoms with Crippen LogP contribution in [0.1, 0.15) is 32.1 Å². The molecule has 1 aromatic rings. The number of nitrogens with one attached hydrogen (secondary N) is 2.